The van der Waals surface area contributed by atoms with Crippen LogP contribution in [0.15, 0.2) is 41.4 Å². The number of esters is 1. The standard InChI is InChI=1S/C25H27N3O7/c1-13-4-2-5-14-10-16(28-25(26)27)8-9-17(14)24(34)35-20-7-3-6-18(22(13)20)19(29)11-15(23(32)33)12-21(30)31/h3,6-10,13,15H,2,4-5,11-12H2,1H3,(H,30,31)(H,32,33)(H4,26,27,28)/t13?,15-/m0/s1. The number of aryl methyl sites for hydroxylation is 1. The number of ether oxygens (including phenoxy) is 1. The van der Waals surface area contributed by atoms with Crippen molar-refractivity contribution >= 4 is 35.3 Å². The van der Waals surface area contributed by atoms with Crippen molar-refractivity contribution < 1.29 is 34.1 Å². The van der Waals surface area contributed by atoms with Crippen LogP contribution < -0.4 is 16.2 Å². The normalized spacial score (nSPS) is 16.1. The van der Waals surface area contributed by atoms with Crippen molar-refractivity contribution in [3.63, 3.8) is 0 Å². The fraction of sp³-hybridized carbons (Fsp3) is 0.320. The third-order valence-corrected chi connectivity index (χ3v) is 5.91. The lowest BCUT2D eigenvalue weighted by Crippen LogP contribution is -2.22. The van der Waals surface area contributed by atoms with Crippen LogP contribution in [0.3, 0.4) is 0 Å². The first kappa shape index (κ1) is 25.4. The van der Waals surface area contributed by atoms with Gasteiger partial charge in [0, 0.05) is 17.5 Å². The van der Waals surface area contributed by atoms with E-state index in [4.69, 9.17) is 21.3 Å². The average Bonchev–Trinajstić information content (AvgIpc) is 2.77. The van der Waals surface area contributed by atoms with Crippen molar-refractivity contribution in [2.45, 2.75) is 44.9 Å². The van der Waals surface area contributed by atoms with Crippen molar-refractivity contribution in [2.24, 2.45) is 22.4 Å². The minimum Gasteiger partial charge on any atom is -0.481 e. The lowest BCUT2D eigenvalue weighted by Gasteiger charge is -2.22. The van der Waals surface area contributed by atoms with E-state index < -0.39 is 42.5 Å². The zero-order valence-corrected chi connectivity index (χ0v) is 19.2. The molecule has 1 aliphatic rings. The van der Waals surface area contributed by atoms with Crippen LogP contribution in [0.1, 0.15) is 70.4 Å². The summed E-state index contributed by atoms with van der Waals surface area (Å²) in [5.74, 6) is -5.22. The van der Waals surface area contributed by atoms with Gasteiger partial charge in [0.1, 0.15) is 5.75 Å². The van der Waals surface area contributed by atoms with E-state index in [1.54, 1.807) is 36.4 Å². The molecule has 0 aliphatic carbocycles. The van der Waals surface area contributed by atoms with E-state index in [1.165, 1.54) is 0 Å². The molecule has 10 nitrogen and oxygen atoms in total. The number of rotatable bonds is 7. The van der Waals surface area contributed by atoms with E-state index in [2.05, 4.69) is 4.99 Å². The maximum Gasteiger partial charge on any atom is 0.343 e. The molecular formula is C25H27N3O7. The van der Waals surface area contributed by atoms with Crippen molar-refractivity contribution in [1.29, 1.82) is 0 Å². The molecule has 0 spiro atoms. The number of carbonyl (C=O) groups excluding carboxylic acids is 2. The van der Waals surface area contributed by atoms with Gasteiger partial charge in [-0.3, -0.25) is 14.4 Å². The predicted molar refractivity (Wildman–Crippen MR) is 127 cm³/mol. The largest absolute Gasteiger partial charge is 0.481 e. The summed E-state index contributed by atoms with van der Waals surface area (Å²) in [4.78, 5) is 52.7. The number of hydrogen-bond donors (Lipinski definition) is 4. The molecule has 1 heterocycles. The minimum atomic E-state index is -1.36. The van der Waals surface area contributed by atoms with Gasteiger partial charge in [-0.2, -0.15) is 0 Å². The first-order valence-corrected chi connectivity index (χ1v) is 11.1. The van der Waals surface area contributed by atoms with Crippen LogP contribution in [0, 0.1) is 5.92 Å². The molecule has 0 aromatic heterocycles. The van der Waals surface area contributed by atoms with Crippen LogP contribution in [0.4, 0.5) is 5.69 Å². The summed E-state index contributed by atoms with van der Waals surface area (Å²) in [6.45, 7) is 1.90. The Hall–Kier alpha value is -4.21. The Bertz CT molecular complexity index is 1200. The van der Waals surface area contributed by atoms with Gasteiger partial charge < -0.3 is 26.4 Å². The highest BCUT2D eigenvalue weighted by Gasteiger charge is 2.29. The molecule has 10 heteroatoms. The number of carbonyl (C=O) groups is 4. The van der Waals surface area contributed by atoms with Crippen molar-refractivity contribution in [3.05, 3.63) is 58.7 Å². The molecule has 0 radical (unpaired) electrons. The Balaban J connectivity index is 1.98. The van der Waals surface area contributed by atoms with E-state index >= 15 is 0 Å². The molecule has 1 unspecified atom stereocenters. The maximum absolute atomic E-state index is 13.1. The number of nitrogens with two attached hydrogens (primary N) is 2. The summed E-state index contributed by atoms with van der Waals surface area (Å²) >= 11 is 0. The molecule has 2 aromatic rings. The van der Waals surface area contributed by atoms with Crippen LogP contribution in [0.25, 0.3) is 0 Å². The van der Waals surface area contributed by atoms with Crippen LogP contribution in [0.2, 0.25) is 0 Å². The summed E-state index contributed by atoms with van der Waals surface area (Å²) in [5, 5.41) is 18.3. The first-order chi connectivity index (χ1) is 16.6. The highest BCUT2D eigenvalue weighted by Crippen LogP contribution is 2.36. The third-order valence-electron chi connectivity index (χ3n) is 5.91. The minimum absolute atomic E-state index is 0.0966. The van der Waals surface area contributed by atoms with Gasteiger partial charge in [-0.25, -0.2) is 9.79 Å². The van der Waals surface area contributed by atoms with Crippen molar-refractivity contribution in [3.8, 4) is 5.75 Å². The van der Waals surface area contributed by atoms with Crippen molar-refractivity contribution in [1.82, 2.24) is 0 Å². The molecule has 2 aromatic carbocycles. The van der Waals surface area contributed by atoms with Gasteiger partial charge in [0.15, 0.2) is 11.7 Å². The van der Waals surface area contributed by atoms with E-state index in [9.17, 15) is 24.3 Å². The third kappa shape index (κ3) is 6.23. The summed E-state index contributed by atoms with van der Waals surface area (Å²) in [7, 11) is 0. The fourth-order valence-electron chi connectivity index (χ4n) is 4.28. The Labute approximate surface area is 201 Å². The van der Waals surface area contributed by atoms with Gasteiger partial charge in [0.25, 0.3) is 0 Å². The molecule has 2 atom stereocenters. The number of aliphatic carboxylic acids is 2. The van der Waals surface area contributed by atoms with Crippen LogP contribution >= 0.6 is 0 Å². The molecule has 184 valence electrons. The molecule has 0 bridgehead atoms. The number of Topliss-reactive ketones (excluding diaryl/α,β-unsaturated/α-hetero) is 1. The maximum atomic E-state index is 13.1. The number of benzene rings is 2. The van der Waals surface area contributed by atoms with Crippen LogP contribution in [-0.4, -0.2) is 39.9 Å². The quantitative estimate of drug-likeness (QED) is 0.152. The van der Waals surface area contributed by atoms with Gasteiger partial charge in [-0.1, -0.05) is 19.1 Å². The lowest BCUT2D eigenvalue weighted by atomic mass is 9.85. The zero-order chi connectivity index (χ0) is 25.7. The smallest absolute Gasteiger partial charge is 0.343 e. The Morgan fingerprint density at radius 2 is 1.89 bits per heavy atom. The van der Waals surface area contributed by atoms with Crippen LogP contribution in [0.5, 0.6) is 5.75 Å². The number of fused-ring (bicyclic) bond motifs is 2. The summed E-state index contributed by atoms with van der Waals surface area (Å²) in [6.07, 6.45) is 0.742. The monoisotopic (exact) mass is 481 g/mol. The van der Waals surface area contributed by atoms with E-state index in [-0.39, 0.29) is 23.2 Å². The molecule has 0 saturated heterocycles. The molecule has 35 heavy (non-hydrogen) atoms. The average molecular weight is 482 g/mol. The Morgan fingerprint density at radius 3 is 2.54 bits per heavy atom. The Kier molecular flexibility index (Phi) is 7.85. The number of carboxylic acid groups (broad SMARTS) is 2. The highest BCUT2D eigenvalue weighted by atomic mass is 16.5. The van der Waals surface area contributed by atoms with Gasteiger partial charge in [0.05, 0.1) is 23.6 Å². The molecule has 0 amide bonds. The van der Waals surface area contributed by atoms with Crippen molar-refractivity contribution in [2.75, 3.05) is 0 Å². The zero-order valence-electron chi connectivity index (χ0n) is 19.2. The summed E-state index contributed by atoms with van der Waals surface area (Å²) in [6, 6.07) is 9.60. The summed E-state index contributed by atoms with van der Waals surface area (Å²) < 4.78 is 5.71. The van der Waals surface area contributed by atoms with Gasteiger partial charge in [-0.15, -0.1) is 0 Å². The second-order valence-corrected chi connectivity index (χ2v) is 8.54. The predicted octanol–water partition coefficient (Wildman–Crippen LogP) is 3.00. The molecule has 0 saturated carbocycles. The van der Waals surface area contributed by atoms with Gasteiger partial charge >= 0.3 is 17.9 Å². The second-order valence-electron chi connectivity index (χ2n) is 8.54. The van der Waals surface area contributed by atoms with Gasteiger partial charge in [0.2, 0.25) is 0 Å². The number of carboxylic acids is 2. The highest BCUT2D eigenvalue weighted by molar-refractivity contribution is 6.01. The topological polar surface area (TPSA) is 182 Å². The summed E-state index contributed by atoms with van der Waals surface area (Å²) in [5.41, 5.74) is 13.2. The first-order valence-electron chi connectivity index (χ1n) is 11.1. The Morgan fingerprint density at radius 1 is 1.14 bits per heavy atom. The number of guanidine groups is 1. The number of nitrogens with zero attached hydrogens (tertiary/aromatic N) is 1. The van der Waals surface area contributed by atoms with Crippen LogP contribution in [-0.2, 0) is 16.0 Å². The fourth-order valence-corrected chi connectivity index (χ4v) is 4.28. The number of aliphatic imine (C=N–C) groups is 1. The SMILES string of the molecule is CC1CCCc2cc(N=C(N)N)ccc2C(=O)Oc2cccc(C(=O)C[C@@H](CC(=O)O)C(=O)O)c21. The molecular weight excluding hydrogens is 454 g/mol. The van der Waals surface area contributed by atoms with Gasteiger partial charge in [-0.05, 0) is 55.0 Å². The lowest BCUT2D eigenvalue weighted by molar-refractivity contribution is -0.148. The number of hydrogen-bond acceptors (Lipinski definition) is 6. The molecule has 1 aliphatic heterocycles. The van der Waals surface area contributed by atoms with E-state index in [1.807, 2.05) is 6.92 Å². The molecule has 0 fully saturated rings. The van der Waals surface area contributed by atoms with E-state index in [0.29, 0.717) is 36.1 Å². The number of ketones is 1. The molecule has 6 N–H and O–H groups in total. The van der Waals surface area contributed by atoms with E-state index in [0.717, 1.165) is 5.56 Å². The second kappa shape index (κ2) is 10.8. The molecule has 3 rings (SSSR count).